The zero-order valence-corrected chi connectivity index (χ0v) is 19.4. The fourth-order valence-electron chi connectivity index (χ4n) is 3.46. The summed E-state index contributed by atoms with van der Waals surface area (Å²) < 4.78 is 33.9. The molecule has 0 bridgehead atoms. The molecule has 0 aliphatic carbocycles. The number of nitrogen functional groups attached to an aromatic ring is 1. The van der Waals surface area contributed by atoms with Gasteiger partial charge in [0.15, 0.2) is 5.75 Å². The third kappa shape index (κ3) is 4.87. The monoisotopic (exact) mass is 506 g/mol. The van der Waals surface area contributed by atoms with Gasteiger partial charge in [-0.1, -0.05) is 18.2 Å². The molecule has 36 heavy (non-hydrogen) atoms. The number of phenolic OH excluding ortho intramolecular Hbond substituents is 1. The van der Waals surface area contributed by atoms with Crippen LogP contribution in [0.4, 0.5) is 34.1 Å². The first kappa shape index (κ1) is 24.4. The second kappa shape index (κ2) is 9.48. The first-order valence-electron chi connectivity index (χ1n) is 10.3. The van der Waals surface area contributed by atoms with Gasteiger partial charge in [0.25, 0.3) is 15.8 Å². The lowest BCUT2D eigenvalue weighted by Crippen LogP contribution is -2.00. The molecule has 0 saturated heterocycles. The van der Waals surface area contributed by atoms with Crippen LogP contribution in [0.25, 0.3) is 10.8 Å². The molecule has 0 unspecified atom stereocenters. The van der Waals surface area contributed by atoms with Crippen LogP contribution in [-0.4, -0.2) is 23.0 Å². The first-order valence-corrected chi connectivity index (χ1v) is 11.7. The topological polar surface area (TPSA) is 193 Å². The van der Waals surface area contributed by atoms with Crippen LogP contribution < -0.4 is 5.73 Å². The Bertz CT molecular complexity index is 1650. The van der Waals surface area contributed by atoms with Crippen LogP contribution >= 0.6 is 0 Å². The lowest BCUT2D eigenvalue weighted by atomic mass is 10.0. The van der Waals surface area contributed by atoms with E-state index in [1.165, 1.54) is 30.3 Å². The van der Waals surface area contributed by atoms with Gasteiger partial charge in [0.05, 0.1) is 27.4 Å². The second-order valence-electron chi connectivity index (χ2n) is 7.61. The number of azo groups is 2. The maximum atomic E-state index is 12.1. The van der Waals surface area contributed by atoms with Crippen LogP contribution in [0, 0.1) is 17.0 Å². The summed E-state index contributed by atoms with van der Waals surface area (Å²) in [6.45, 7) is 1.65. The number of hydrogen-bond donors (Lipinski definition) is 3. The number of anilines is 1. The Hall–Kier alpha value is -4.75. The van der Waals surface area contributed by atoms with E-state index in [2.05, 4.69) is 20.5 Å². The number of benzene rings is 4. The average molecular weight is 507 g/mol. The Morgan fingerprint density at radius 1 is 0.889 bits per heavy atom. The van der Waals surface area contributed by atoms with Gasteiger partial charge in [-0.3, -0.25) is 14.7 Å². The quantitative estimate of drug-likeness (QED) is 0.0881. The largest absolute Gasteiger partial charge is 0.505 e. The zero-order valence-electron chi connectivity index (χ0n) is 18.6. The number of aromatic hydroxyl groups is 1. The number of fused-ring (bicyclic) bond motifs is 1. The number of non-ortho nitro benzene ring substituents is 1. The van der Waals surface area contributed by atoms with E-state index in [0.717, 1.165) is 6.07 Å². The maximum Gasteiger partial charge on any atom is 0.296 e. The molecule has 4 rings (SSSR count). The molecular formula is C23H18N6O6S. The summed E-state index contributed by atoms with van der Waals surface area (Å²) in [5, 5.41) is 38.1. The van der Waals surface area contributed by atoms with Crippen LogP contribution in [0.1, 0.15) is 5.56 Å². The number of nitrogens with two attached hydrogens (primary N) is 1. The van der Waals surface area contributed by atoms with Crippen molar-refractivity contribution < 1.29 is 23.0 Å². The maximum absolute atomic E-state index is 12.1. The van der Waals surface area contributed by atoms with Gasteiger partial charge in [-0.15, -0.1) is 10.2 Å². The summed E-state index contributed by atoms with van der Waals surface area (Å²) in [4.78, 5) is 9.64. The van der Waals surface area contributed by atoms with Gasteiger partial charge < -0.3 is 10.8 Å². The summed E-state index contributed by atoms with van der Waals surface area (Å²) in [6.07, 6.45) is 0. The molecule has 0 fully saturated rings. The van der Waals surface area contributed by atoms with Crippen molar-refractivity contribution in [3.63, 3.8) is 0 Å². The summed E-state index contributed by atoms with van der Waals surface area (Å²) >= 11 is 0. The Balaban J connectivity index is 1.87. The van der Waals surface area contributed by atoms with Crippen molar-refractivity contribution in [2.75, 3.05) is 5.73 Å². The van der Waals surface area contributed by atoms with Crippen LogP contribution in [0.2, 0.25) is 0 Å². The van der Waals surface area contributed by atoms with Gasteiger partial charge >= 0.3 is 0 Å². The van der Waals surface area contributed by atoms with Gasteiger partial charge in [-0.2, -0.15) is 18.6 Å². The highest BCUT2D eigenvalue weighted by atomic mass is 32.2. The fraction of sp³-hybridized carbons (Fsp3) is 0.0435. The van der Waals surface area contributed by atoms with E-state index in [1.807, 2.05) is 0 Å². The Morgan fingerprint density at radius 3 is 2.06 bits per heavy atom. The molecule has 4 aromatic rings. The minimum Gasteiger partial charge on any atom is -0.505 e. The van der Waals surface area contributed by atoms with E-state index in [4.69, 9.17) is 5.73 Å². The van der Waals surface area contributed by atoms with Crippen molar-refractivity contribution in [2.24, 2.45) is 20.5 Å². The highest BCUT2D eigenvalue weighted by molar-refractivity contribution is 7.86. The van der Waals surface area contributed by atoms with E-state index in [0.29, 0.717) is 16.9 Å². The molecule has 0 saturated carbocycles. The third-order valence-corrected chi connectivity index (χ3v) is 6.03. The highest BCUT2D eigenvalue weighted by Crippen LogP contribution is 2.47. The molecule has 12 nitrogen and oxygen atoms in total. The van der Waals surface area contributed by atoms with Crippen molar-refractivity contribution in [1.29, 1.82) is 0 Å². The summed E-state index contributed by atoms with van der Waals surface area (Å²) in [5.41, 5.74) is 7.05. The third-order valence-electron chi connectivity index (χ3n) is 5.17. The number of nitrogens with zero attached hydrogens (tertiary/aromatic N) is 5. The lowest BCUT2D eigenvalue weighted by molar-refractivity contribution is -0.384. The normalized spacial score (nSPS) is 12.1. The number of phenols is 1. The van der Waals surface area contributed by atoms with E-state index >= 15 is 0 Å². The molecule has 0 heterocycles. The minimum absolute atomic E-state index is 0.0220. The van der Waals surface area contributed by atoms with Crippen molar-refractivity contribution in [3.05, 3.63) is 82.4 Å². The number of nitro benzene ring substituents is 1. The standard InChI is InChI=1S/C23H18N6O6S/c1-13-11-14-12-18(36(33,34)35)22(28-25-15-5-3-2-4-6-15)23(30)19(14)20(24)21(13)27-26-16-7-9-17(10-8-16)29(31)32/h2-12,30H,24H2,1H3,(H,33,34,35)/b27-26+,28-25+. The number of rotatable bonds is 6. The van der Waals surface area contributed by atoms with Gasteiger partial charge in [-0.05, 0) is 54.3 Å². The molecular weight excluding hydrogens is 488 g/mol. The van der Waals surface area contributed by atoms with Crippen molar-refractivity contribution in [2.45, 2.75) is 11.8 Å². The molecule has 4 aromatic carbocycles. The summed E-state index contributed by atoms with van der Waals surface area (Å²) in [5.74, 6) is -0.621. The number of aryl methyl sites for hydroxylation is 1. The van der Waals surface area contributed by atoms with Crippen molar-refractivity contribution >= 4 is 55.0 Å². The second-order valence-corrected chi connectivity index (χ2v) is 9.00. The minimum atomic E-state index is -4.79. The molecule has 0 radical (unpaired) electrons. The van der Waals surface area contributed by atoms with Crippen LogP contribution in [0.15, 0.2) is 92.1 Å². The van der Waals surface area contributed by atoms with E-state index in [-0.39, 0.29) is 27.8 Å². The lowest BCUT2D eigenvalue weighted by Gasteiger charge is -2.13. The fourth-order valence-corrected chi connectivity index (χ4v) is 4.12. The predicted molar refractivity (Wildman–Crippen MR) is 132 cm³/mol. The van der Waals surface area contributed by atoms with E-state index in [9.17, 15) is 28.2 Å². The van der Waals surface area contributed by atoms with Gasteiger partial charge in [-0.25, -0.2) is 0 Å². The Kier molecular flexibility index (Phi) is 6.42. The number of hydrogen-bond acceptors (Lipinski definition) is 10. The molecule has 0 amide bonds. The summed E-state index contributed by atoms with van der Waals surface area (Å²) in [6, 6.07) is 16.4. The summed E-state index contributed by atoms with van der Waals surface area (Å²) in [7, 11) is -4.79. The smallest absolute Gasteiger partial charge is 0.296 e. The molecule has 4 N–H and O–H groups in total. The average Bonchev–Trinajstić information content (AvgIpc) is 2.83. The zero-order chi connectivity index (χ0) is 26.0. The Labute approximate surface area is 204 Å². The highest BCUT2D eigenvalue weighted by Gasteiger charge is 2.24. The van der Waals surface area contributed by atoms with Gasteiger partial charge in [0.2, 0.25) is 0 Å². The molecule has 0 aromatic heterocycles. The van der Waals surface area contributed by atoms with Crippen LogP contribution in [0.5, 0.6) is 5.75 Å². The SMILES string of the molecule is Cc1cc2cc(S(=O)(=O)O)c(/N=N/c3ccccc3)c(O)c2c(N)c1/N=N/c1ccc([N+](=O)[O-])cc1. The molecule has 182 valence electrons. The van der Waals surface area contributed by atoms with E-state index < -0.39 is 31.4 Å². The molecule has 0 aliphatic heterocycles. The van der Waals surface area contributed by atoms with Crippen LogP contribution in [0.3, 0.4) is 0 Å². The Morgan fingerprint density at radius 2 is 1.47 bits per heavy atom. The molecule has 0 atom stereocenters. The number of nitro groups is 1. The van der Waals surface area contributed by atoms with Crippen molar-refractivity contribution in [1.82, 2.24) is 0 Å². The van der Waals surface area contributed by atoms with Crippen molar-refractivity contribution in [3.8, 4) is 5.75 Å². The van der Waals surface area contributed by atoms with Gasteiger partial charge in [0, 0.05) is 12.1 Å². The van der Waals surface area contributed by atoms with Gasteiger partial charge in [0.1, 0.15) is 16.3 Å². The first-order chi connectivity index (χ1) is 17.1. The van der Waals surface area contributed by atoms with E-state index in [1.54, 1.807) is 37.3 Å². The molecule has 13 heteroatoms. The predicted octanol–water partition coefficient (Wildman–Crippen LogP) is 6.42. The van der Waals surface area contributed by atoms with Crippen LogP contribution in [-0.2, 0) is 10.1 Å². The molecule has 0 aliphatic rings. The molecule has 0 spiro atoms.